The second-order valence-electron chi connectivity index (χ2n) is 4.94. The van der Waals surface area contributed by atoms with E-state index in [1.54, 1.807) is 0 Å². The van der Waals surface area contributed by atoms with Crippen molar-refractivity contribution >= 4 is 21.8 Å². The van der Waals surface area contributed by atoms with Crippen LogP contribution in [0.1, 0.15) is 48.9 Å². The maximum atomic E-state index is 12.1. The molecule has 1 N–H and O–H groups in total. The Morgan fingerprint density at radius 2 is 1.79 bits per heavy atom. The number of alkyl halides is 1. The lowest BCUT2D eigenvalue weighted by molar-refractivity contribution is 0.0933. The van der Waals surface area contributed by atoms with Gasteiger partial charge < -0.3 is 10.1 Å². The van der Waals surface area contributed by atoms with Crippen LogP contribution in [0.25, 0.3) is 0 Å². The molecule has 19 heavy (non-hydrogen) atoms. The summed E-state index contributed by atoms with van der Waals surface area (Å²) in [6, 6.07) is 7.61. The predicted octanol–water partition coefficient (Wildman–Crippen LogP) is 3.87. The molecule has 0 aromatic heterocycles. The summed E-state index contributed by atoms with van der Waals surface area (Å²) in [7, 11) is 0. The molecule has 3 nitrogen and oxygen atoms in total. The molecule has 0 heterocycles. The number of ether oxygens (including phenoxy) is 1. The highest BCUT2D eigenvalue weighted by Gasteiger charge is 2.15. The van der Waals surface area contributed by atoms with E-state index in [9.17, 15) is 4.79 Å². The van der Waals surface area contributed by atoms with Gasteiger partial charge in [0, 0.05) is 11.6 Å². The van der Waals surface area contributed by atoms with Gasteiger partial charge in [0.05, 0.1) is 0 Å². The Labute approximate surface area is 122 Å². The summed E-state index contributed by atoms with van der Waals surface area (Å²) < 4.78 is 5.29. The van der Waals surface area contributed by atoms with Crippen molar-refractivity contribution in [2.24, 2.45) is 0 Å². The molecule has 1 aromatic carbocycles. The third-order valence-corrected chi connectivity index (χ3v) is 3.76. The zero-order valence-corrected chi connectivity index (χ0v) is 12.6. The monoisotopic (exact) mass is 325 g/mol. The number of halogens is 1. The van der Waals surface area contributed by atoms with Gasteiger partial charge in [-0.2, -0.15) is 0 Å². The fraction of sp³-hybridized carbons (Fsp3) is 0.533. The van der Waals surface area contributed by atoms with Gasteiger partial charge in [0.25, 0.3) is 5.91 Å². The SMILES string of the molecule is O=C(NC1CCCCCC1)c1ccc(OCBr)cc1. The molecule has 2 rings (SSSR count). The van der Waals surface area contributed by atoms with E-state index in [4.69, 9.17) is 4.74 Å². The zero-order valence-electron chi connectivity index (χ0n) is 11.0. The van der Waals surface area contributed by atoms with Crippen molar-refractivity contribution in [3.63, 3.8) is 0 Å². The summed E-state index contributed by atoms with van der Waals surface area (Å²) in [5, 5.41) is 3.14. The first-order valence-corrected chi connectivity index (χ1v) is 8.01. The van der Waals surface area contributed by atoms with Gasteiger partial charge in [-0.15, -0.1) is 0 Å². The number of hydrogen-bond donors (Lipinski definition) is 1. The highest BCUT2D eigenvalue weighted by molar-refractivity contribution is 9.09. The van der Waals surface area contributed by atoms with E-state index in [2.05, 4.69) is 21.2 Å². The molecule has 1 aliphatic carbocycles. The van der Waals surface area contributed by atoms with E-state index in [1.165, 1.54) is 25.7 Å². The summed E-state index contributed by atoms with van der Waals surface area (Å²) in [6.45, 7) is 0. The lowest BCUT2D eigenvalue weighted by Gasteiger charge is -2.16. The van der Waals surface area contributed by atoms with Crippen molar-refractivity contribution in [1.29, 1.82) is 0 Å². The highest BCUT2D eigenvalue weighted by atomic mass is 79.9. The van der Waals surface area contributed by atoms with Crippen molar-refractivity contribution < 1.29 is 9.53 Å². The zero-order chi connectivity index (χ0) is 13.5. The van der Waals surface area contributed by atoms with Crippen molar-refractivity contribution in [3.05, 3.63) is 29.8 Å². The summed E-state index contributed by atoms with van der Waals surface area (Å²) in [5.74, 6) is 0.792. The van der Waals surface area contributed by atoms with Crippen molar-refractivity contribution in [3.8, 4) is 5.75 Å². The Morgan fingerprint density at radius 3 is 2.37 bits per heavy atom. The van der Waals surface area contributed by atoms with Gasteiger partial charge in [0.2, 0.25) is 0 Å². The number of carbonyl (C=O) groups is 1. The molecule has 104 valence electrons. The van der Waals surface area contributed by atoms with Crippen molar-refractivity contribution in [2.45, 2.75) is 44.6 Å². The van der Waals surface area contributed by atoms with E-state index in [-0.39, 0.29) is 5.91 Å². The predicted molar refractivity (Wildman–Crippen MR) is 79.8 cm³/mol. The Balaban J connectivity index is 1.91. The molecule has 1 fully saturated rings. The van der Waals surface area contributed by atoms with Crippen LogP contribution < -0.4 is 10.1 Å². The van der Waals surface area contributed by atoms with Crippen molar-refractivity contribution in [1.82, 2.24) is 5.32 Å². The van der Waals surface area contributed by atoms with E-state index in [0.29, 0.717) is 17.1 Å². The van der Waals surface area contributed by atoms with E-state index in [0.717, 1.165) is 18.6 Å². The average Bonchev–Trinajstić information content (AvgIpc) is 2.68. The van der Waals surface area contributed by atoms with Crippen LogP contribution in [-0.2, 0) is 0 Å². The summed E-state index contributed by atoms with van der Waals surface area (Å²) in [5.41, 5.74) is 1.16. The second kappa shape index (κ2) is 7.53. The fourth-order valence-electron chi connectivity index (χ4n) is 2.46. The quantitative estimate of drug-likeness (QED) is 0.674. The molecule has 1 aromatic rings. The standard InChI is InChI=1S/C15H20BrNO2/c16-11-19-14-9-7-12(8-10-14)15(18)17-13-5-3-1-2-4-6-13/h7-10,13H,1-6,11H2,(H,17,18). The van der Waals surface area contributed by atoms with E-state index >= 15 is 0 Å². The Kier molecular flexibility index (Phi) is 5.70. The van der Waals surface area contributed by atoms with Crippen LogP contribution in [0, 0.1) is 0 Å². The smallest absolute Gasteiger partial charge is 0.251 e. The van der Waals surface area contributed by atoms with Crippen LogP contribution in [0.2, 0.25) is 0 Å². The summed E-state index contributed by atoms with van der Waals surface area (Å²) in [4.78, 5) is 12.1. The first-order valence-electron chi connectivity index (χ1n) is 6.89. The van der Waals surface area contributed by atoms with Gasteiger partial charge in [-0.3, -0.25) is 4.79 Å². The molecule has 1 saturated carbocycles. The maximum Gasteiger partial charge on any atom is 0.251 e. The molecule has 4 heteroatoms. The average molecular weight is 326 g/mol. The fourth-order valence-corrected chi connectivity index (χ4v) is 2.72. The summed E-state index contributed by atoms with van der Waals surface area (Å²) in [6.07, 6.45) is 7.26. The number of benzene rings is 1. The largest absolute Gasteiger partial charge is 0.482 e. The molecule has 1 aliphatic rings. The third-order valence-electron chi connectivity index (χ3n) is 3.53. The third kappa shape index (κ3) is 4.53. The van der Waals surface area contributed by atoms with Crippen LogP contribution in [0.15, 0.2) is 24.3 Å². The Bertz CT molecular complexity index is 397. The molecule has 0 saturated heterocycles. The normalized spacial score (nSPS) is 16.7. The van der Waals surface area contributed by atoms with Crippen LogP contribution in [0.5, 0.6) is 5.75 Å². The van der Waals surface area contributed by atoms with Crippen LogP contribution in [-0.4, -0.2) is 17.5 Å². The van der Waals surface area contributed by atoms with Gasteiger partial charge >= 0.3 is 0 Å². The highest BCUT2D eigenvalue weighted by Crippen LogP contribution is 2.18. The van der Waals surface area contributed by atoms with Gasteiger partial charge in [0.1, 0.15) is 11.3 Å². The molecule has 0 aliphatic heterocycles. The number of nitrogens with one attached hydrogen (secondary N) is 1. The van der Waals surface area contributed by atoms with E-state index in [1.807, 2.05) is 24.3 Å². The number of hydrogen-bond acceptors (Lipinski definition) is 2. The van der Waals surface area contributed by atoms with Crippen LogP contribution >= 0.6 is 15.9 Å². The van der Waals surface area contributed by atoms with Gasteiger partial charge in [-0.05, 0) is 53.0 Å². The number of amides is 1. The lowest BCUT2D eigenvalue weighted by Crippen LogP contribution is -2.34. The molecule has 0 spiro atoms. The van der Waals surface area contributed by atoms with Gasteiger partial charge in [0.15, 0.2) is 0 Å². The van der Waals surface area contributed by atoms with Gasteiger partial charge in [-0.25, -0.2) is 0 Å². The lowest BCUT2D eigenvalue weighted by atomic mass is 10.1. The van der Waals surface area contributed by atoms with Crippen molar-refractivity contribution in [2.75, 3.05) is 5.52 Å². The molecule has 0 atom stereocenters. The van der Waals surface area contributed by atoms with Gasteiger partial charge in [-0.1, -0.05) is 25.7 Å². The molecule has 1 amide bonds. The minimum atomic E-state index is 0.0253. The molecular weight excluding hydrogens is 306 g/mol. The minimum Gasteiger partial charge on any atom is -0.482 e. The Hall–Kier alpha value is -1.03. The first kappa shape index (κ1) is 14.4. The Morgan fingerprint density at radius 1 is 1.16 bits per heavy atom. The first-order chi connectivity index (χ1) is 9.29. The van der Waals surface area contributed by atoms with Crippen LogP contribution in [0.3, 0.4) is 0 Å². The number of carbonyl (C=O) groups excluding carboxylic acids is 1. The summed E-state index contributed by atoms with van der Waals surface area (Å²) >= 11 is 3.21. The van der Waals surface area contributed by atoms with E-state index < -0.39 is 0 Å². The minimum absolute atomic E-state index is 0.0253. The molecule has 0 radical (unpaired) electrons. The van der Waals surface area contributed by atoms with Crippen LogP contribution in [0.4, 0.5) is 0 Å². The number of rotatable bonds is 4. The molecule has 0 unspecified atom stereocenters. The molecular formula is C15H20BrNO2. The second-order valence-corrected chi connectivity index (χ2v) is 5.40. The maximum absolute atomic E-state index is 12.1. The topological polar surface area (TPSA) is 38.3 Å². The molecule has 0 bridgehead atoms.